The molecule has 0 aromatic carbocycles. The van der Waals surface area contributed by atoms with E-state index in [0.717, 1.165) is 32.5 Å². The Bertz CT molecular complexity index is 182. The second kappa shape index (κ2) is 4.58. The van der Waals surface area contributed by atoms with E-state index in [1.54, 1.807) is 0 Å². The summed E-state index contributed by atoms with van der Waals surface area (Å²) in [6, 6.07) is -0.254. The fraction of sp³-hybridized carbons (Fsp3) is 0.889. The second-order valence-corrected chi connectivity index (χ2v) is 3.88. The van der Waals surface area contributed by atoms with Crippen molar-refractivity contribution in [3.63, 3.8) is 0 Å². The van der Waals surface area contributed by atoms with Gasteiger partial charge < -0.3 is 15.5 Å². The van der Waals surface area contributed by atoms with Gasteiger partial charge >= 0.3 is 0 Å². The minimum absolute atomic E-state index is 0.119. The lowest BCUT2D eigenvalue weighted by molar-refractivity contribution is -0.135. The zero-order valence-corrected chi connectivity index (χ0v) is 8.49. The number of likely N-dealkylation sites (N-methyl/N-ethyl adjacent to an activating group) is 1. The first-order chi connectivity index (χ1) is 6.11. The van der Waals surface area contributed by atoms with Gasteiger partial charge in [0, 0.05) is 19.6 Å². The van der Waals surface area contributed by atoms with E-state index in [2.05, 4.69) is 4.90 Å². The van der Waals surface area contributed by atoms with Gasteiger partial charge in [0.1, 0.15) is 0 Å². The van der Waals surface area contributed by atoms with Gasteiger partial charge in [0.25, 0.3) is 0 Å². The highest BCUT2D eigenvalue weighted by atomic mass is 16.2. The van der Waals surface area contributed by atoms with Crippen LogP contribution in [-0.2, 0) is 4.79 Å². The summed E-state index contributed by atoms with van der Waals surface area (Å²) in [5, 5.41) is 0. The van der Waals surface area contributed by atoms with Crippen molar-refractivity contribution in [1.29, 1.82) is 0 Å². The molecule has 1 aliphatic rings. The highest BCUT2D eigenvalue weighted by Gasteiger charge is 2.24. The van der Waals surface area contributed by atoms with Crippen LogP contribution in [-0.4, -0.2) is 55.5 Å². The van der Waals surface area contributed by atoms with Crippen molar-refractivity contribution in [2.45, 2.75) is 18.9 Å². The Morgan fingerprint density at radius 1 is 1.62 bits per heavy atom. The number of carbonyl (C=O) groups is 1. The largest absolute Gasteiger partial charge is 0.340 e. The van der Waals surface area contributed by atoms with E-state index in [1.807, 2.05) is 19.0 Å². The van der Waals surface area contributed by atoms with Crippen molar-refractivity contribution in [1.82, 2.24) is 9.80 Å². The molecule has 2 N–H and O–H groups in total. The van der Waals surface area contributed by atoms with Crippen LogP contribution >= 0.6 is 0 Å². The number of nitrogens with two attached hydrogens (primary N) is 1. The fourth-order valence-electron chi connectivity index (χ4n) is 1.51. The number of rotatable bonds is 3. The Morgan fingerprint density at radius 2 is 2.31 bits per heavy atom. The molecule has 1 fully saturated rings. The molecule has 0 bridgehead atoms. The first-order valence-electron chi connectivity index (χ1n) is 4.80. The van der Waals surface area contributed by atoms with Crippen molar-refractivity contribution in [3.05, 3.63) is 0 Å². The lowest BCUT2D eigenvalue weighted by Gasteiger charge is -2.31. The molecule has 13 heavy (non-hydrogen) atoms. The maximum Gasteiger partial charge on any atom is 0.239 e. The van der Waals surface area contributed by atoms with Crippen LogP contribution in [0.25, 0.3) is 0 Å². The third-order valence-electron chi connectivity index (χ3n) is 2.39. The monoisotopic (exact) mass is 185 g/mol. The molecule has 1 aliphatic heterocycles. The van der Waals surface area contributed by atoms with Crippen molar-refractivity contribution in [3.8, 4) is 0 Å². The summed E-state index contributed by atoms with van der Waals surface area (Å²) in [7, 11) is 4.02. The summed E-state index contributed by atoms with van der Waals surface area (Å²) >= 11 is 0. The molecule has 1 saturated heterocycles. The quantitative estimate of drug-likeness (QED) is 0.645. The molecule has 0 radical (unpaired) electrons. The Labute approximate surface area is 79.7 Å². The maximum atomic E-state index is 11.5. The first-order valence-corrected chi connectivity index (χ1v) is 4.80. The van der Waals surface area contributed by atoms with E-state index >= 15 is 0 Å². The van der Waals surface area contributed by atoms with Crippen LogP contribution < -0.4 is 5.73 Å². The predicted octanol–water partition coefficient (Wildman–Crippen LogP) is -0.502. The van der Waals surface area contributed by atoms with Crippen molar-refractivity contribution in [2.75, 3.05) is 33.7 Å². The van der Waals surface area contributed by atoms with Gasteiger partial charge in [-0.1, -0.05) is 0 Å². The van der Waals surface area contributed by atoms with Crippen LogP contribution in [0.4, 0.5) is 0 Å². The predicted molar refractivity (Wildman–Crippen MR) is 52.3 cm³/mol. The molecule has 1 amide bonds. The third-order valence-corrected chi connectivity index (χ3v) is 2.39. The molecule has 0 aliphatic carbocycles. The van der Waals surface area contributed by atoms with Crippen molar-refractivity contribution < 1.29 is 4.79 Å². The van der Waals surface area contributed by atoms with Gasteiger partial charge in [0.05, 0.1) is 6.04 Å². The Balaban J connectivity index is 2.35. The van der Waals surface area contributed by atoms with Gasteiger partial charge in [-0.2, -0.15) is 0 Å². The molecule has 1 atom stereocenters. The highest BCUT2D eigenvalue weighted by Crippen LogP contribution is 2.09. The van der Waals surface area contributed by atoms with E-state index in [4.69, 9.17) is 5.73 Å². The van der Waals surface area contributed by atoms with E-state index in [0.29, 0.717) is 0 Å². The van der Waals surface area contributed by atoms with Crippen molar-refractivity contribution >= 4 is 5.91 Å². The molecule has 0 aromatic rings. The van der Waals surface area contributed by atoms with Gasteiger partial charge in [-0.3, -0.25) is 4.79 Å². The lowest BCUT2D eigenvalue weighted by atomic mass is 10.1. The number of piperidine rings is 1. The van der Waals surface area contributed by atoms with Crippen LogP contribution in [0.2, 0.25) is 0 Å². The third kappa shape index (κ3) is 2.97. The Morgan fingerprint density at radius 3 is 2.92 bits per heavy atom. The molecule has 1 rings (SSSR count). The molecule has 0 spiro atoms. The molecule has 0 saturated carbocycles. The van der Waals surface area contributed by atoms with E-state index < -0.39 is 0 Å². The minimum Gasteiger partial charge on any atom is -0.340 e. The van der Waals surface area contributed by atoms with E-state index in [9.17, 15) is 4.79 Å². The van der Waals surface area contributed by atoms with Crippen LogP contribution in [0.5, 0.6) is 0 Å². The van der Waals surface area contributed by atoms with Gasteiger partial charge in [0.2, 0.25) is 5.91 Å². The molecule has 4 heteroatoms. The number of nitrogens with zero attached hydrogens (tertiary/aromatic N) is 2. The topological polar surface area (TPSA) is 49.6 Å². The molecule has 1 heterocycles. The van der Waals surface area contributed by atoms with Crippen LogP contribution in [0, 0.1) is 0 Å². The van der Waals surface area contributed by atoms with Crippen LogP contribution in [0.1, 0.15) is 12.8 Å². The molecule has 76 valence electrons. The zero-order valence-electron chi connectivity index (χ0n) is 8.49. The molecule has 4 nitrogen and oxygen atoms in total. The van der Waals surface area contributed by atoms with Gasteiger partial charge in [0.15, 0.2) is 0 Å². The standard InChI is InChI=1S/C9H19N3O/c1-11(2)6-7-12-5-3-4-8(10)9(12)13/h8H,3-7,10H2,1-2H3/t8-/m0/s1. The van der Waals surface area contributed by atoms with Gasteiger partial charge in [-0.25, -0.2) is 0 Å². The Hall–Kier alpha value is -0.610. The van der Waals surface area contributed by atoms with Crippen molar-refractivity contribution in [2.24, 2.45) is 5.73 Å². The maximum absolute atomic E-state index is 11.5. The minimum atomic E-state index is -0.254. The molecular weight excluding hydrogens is 166 g/mol. The summed E-state index contributed by atoms with van der Waals surface area (Å²) in [5.41, 5.74) is 5.67. The molecule has 0 aromatic heterocycles. The van der Waals surface area contributed by atoms with E-state index in [1.165, 1.54) is 0 Å². The number of carbonyl (C=O) groups excluding carboxylic acids is 1. The lowest BCUT2D eigenvalue weighted by Crippen LogP contribution is -2.49. The fourth-order valence-corrected chi connectivity index (χ4v) is 1.51. The number of amides is 1. The SMILES string of the molecule is CN(C)CCN1CCC[C@H](N)C1=O. The van der Waals surface area contributed by atoms with Crippen LogP contribution in [0.15, 0.2) is 0 Å². The van der Waals surface area contributed by atoms with Crippen LogP contribution in [0.3, 0.4) is 0 Å². The average Bonchev–Trinajstić information content (AvgIpc) is 2.07. The number of hydrogen-bond donors (Lipinski definition) is 1. The average molecular weight is 185 g/mol. The summed E-state index contributed by atoms with van der Waals surface area (Å²) in [5.74, 6) is 0.119. The second-order valence-electron chi connectivity index (χ2n) is 3.88. The summed E-state index contributed by atoms with van der Waals surface area (Å²) in [6.45, 7) is 2.60. The molecular formula is C9H19N3O. The number of likely N-dealkylation sites (tertiary alicyclic amines) is 1. The first kappa shape index (κ1) is 10.5. The zero-order chi connectivity index (χ0) is 9.84. The highest BCUT2D eigenvalue weighted by molar-refractivity contribution is 5.82. The van der Waals surface area contributed by atoms with Gasteiger partial charge in [-0.05, 0) is 26.9 Å². The Kier molecular flexibility index (Phi) is 3.69. The smallest absolute Gasteiger partial charge is 0.239 e. The summed E-state index contributed by atoms with van der Waals surface area (Å²) in [6.07, 6.45) is 1.89. The van der Waals surface area contributed by atoms with Gasteiger partial charge in [-0.15, -0.1) is 0 Å². The number of hydrogen-bond acceptors (Lipinski definition) is 3. The summed E-state index contributed by atoms with van der Waals surface area (Å²) in [4.78, 5) is 15.5. The normalized spacial score (nSPS) is 24.2. The summed E-state index contributed by atoms with van der Waals surface area (Å²) < 4.78 is 0. The van der Waals surface area contributed by atoms with E-state index in [-0.39, 0.29) is 11.9 Å². The molecule has 0 unspecified atom stereocenters.